The van der Waals surface area contributed by atoms with Crippen LogP contribution in [0.2, 0.25) is 0 Å². The maximum absolute atomic E-state index is 5.28. The van der Waals surface area contributed by atoms with Crippen LogP contribution in [-0.4, -0.2) is 34.8 Å². The highest BCUT2D eigenvalue weighted by Gasteiger charge is 2.25. The average molecular weight is 399 g/mol. The quantitative estimate of drug-likeness (QED) is 0.478. The van der Waals surface area contributed by atoms with Gasteiger partial charge >= 0.3 is 0 Å². The van der Waals surface area contributed by atoms with Crippen LogP contribution < -0.4 is 9.64 Å². The average Bonchev–Trinajstić information content (AvgIpc) is 3.18. The predicted molar refractivity (Wildman–Crippen MR) is 121 cm³/mol. The van der Waals surface area contributed by atoms with E-state index in [1.165, 1.54) is 16.6 Å². The van der Waals surface area contributed by atoms with Crippen molar-refractivity contribution in [3.63, 3.8) is 0 Å². The topological polar surface area (TPSA) is 33.5 Å². The molecule has 0 unspecified atom stereocenters. The molecule has 30 heavy (non-hydrogen) atoms. The number of hydrogen-bond acceptors (Lipinski definition) is 4. The highest BCUT2D eigenvalue weighted by Crippen LogP contribution is 2.28. The third kappa shape index (κ3) is 3.76. The van der Waals surface area contributed by atoms with E-state index in [0.717, 1.165) is 50.1 Å². The molecule has 3 aromatic carbocycles. The normalized spacial score (nSPS) is 14.1. The third-order valence-electron chi connectivity index (χ3n) is 5.72. The molecule has 0 saturated carbocycles. The fraction of sp³-hybridized carbons (Fsp3) is 0.240. The van der Waals surface area contributed by atoms with E-state index in [9.17, 15) is 0 Å². The minimum atomic E-state index is 0.850. The van der Waals surface area contributed by atoms with Gasteiger partial charge in [0, 0.05) is 13.1 Å². The summed E-state index contributed by atoms with van der Waals surface area (Å²) in [5.74, 6) is 1.96. The van der Waals surface area contributed by atoms with Crippen molar-refractivity contribution in [2.45, 2.75) is 19.6 Å². The first-order chi connectivity index (χ1) is 14.8. The number of ether oxygens (including phenoxy) is 1. The molecule has 0 amide bonds. The summed E-state index contributed by atoms with van der Waals surface area (Å²) in [6.45, 7) is 3.57. The molecule has 1 aliphatic rings. The van der Waals surface area contributed by atoms with Gasteiger partial charge in [-0.05, 0) is 41.8 Å². The standard InChI is InChI=1S/C25H26N4O/c1-30-22-13-11-20(12-14-22)15-16-27-18-28(17-21-7-3-2-4-8-21)25-26-23-9-5-6-10-24(23)29(25)19-27/h2-14H,15-19H2,1H3. The van der Waals surface area contributed by atoms with Crippen LogP contribution in [0.4, 0.5) is 5.95 Å². The van der Waals surface area contributed by atoms with Crippen LogP contribution in [0.1, 0.15) is 11.1 Å². The van der Waals surface area contributed by atoms with Gasteiger partial charge in [0.15, 0.2) is 0 Å². The summed E-state index contributed by atoms with van der Waals surface area (Å²) in [6.07, 6.45) is 1.01. The Bertz CT molecular complexity index is 1120. The Morgan fingerprint density at radius 2 is 1.60 bits per heavy atom. The highest BCUT2D eigenvalue weighted by atomic mass is 16.5. The summed E-state index contributed by atoms with van der Waals surface area (Å²) in [5.41, 5.74) is 4.88. The van der Waals surface area contributed by atoms with Crippen molar-refractivity contribution in [2.24, 2.45) is 0 Å². The minimum absolute atomic E-state index is 0.850. The lowest BCUT2D eigenvalue weighted by Crippen LogP contribution is -2.45. The molecule has 5 nitrogen and oxygen atoms in total. The molecule has 0 aliphatic carbocycles. The molecule has 0 radical (unpaired) electrons. The maximum Gasteiger partial charge on any atom is 0.209 e. The Morgan fingerprint density at radius 1 is 0.833 bits per heavy atom. The second kappa shape index (κ2) is 8.20. The van der Waals surface area contributed by atoms with Gasteiger partial charge in [-0.1, -0.05) is 54.6 Å². The van der Waals surface area contributed by atoms with Crippen molar-refractivity contribution < 1.29 is 4.74 Å². The number of nitrogens with zero attached hydrogens (tertiary/aromatic N) is 4. The number of aromatic nitrogens is 2. The van der Waals surface area contributed by atoms with E-state index in [1.807, 2.05) is 12.1 Å². The minimum Gasteiger partial charge on any atom is -0.497 e. The van der Waals surface area contributed by atoms with Crippen LogP contribution in [0.3, 0.4) is 0 Å². The van der Waals surface area contributed by atoms with Crippen LogP contribution in [-0.2, 0) is 19.6 Å². The lowest BCUT2D eigenvalue weighted by molar-refractivity contribution is 0.200. The maximum atomic E-state index is 5.28. The van der Waals surface area contributed by atoms with Crippen molar-refractivity contribution in [1.29, 1.82) is 0 Å². The first-order valence-electron chi connectivity index (χ1n) is 10.4. The Hall–Kier alpha value is -3.31. The lowest BCUT2D eigenvalue weighted by atomic mass is 10.1. The Balaban J connectivity index is 1.39. The molecule has 152 valence electrons. The third-order valence-corrected chi connectivity index (χ3v) is 5.72. The molecular formula is C25H26N4O. The van der Waals surface area contributed by atoms with E-state index >= 15 is 0 Å². The summed E-state index contributed by atoms with van der Waals surface area (Å²) >= 11 is 0. The van der Waals surface area contributed by atoms with Gasteiger partial charge < -0.3 is 9.64 Å². The zero-order chi connectivity index (χ0) is 20.3. The fourth-order valence-electron chi connectivity index (χ4n) is 4.14. The van der Waals surface area contributed by atoms with E-state index in [2.05, 4.69) is 81.1 Å². The van der Waals surface area contributed by atoms with E-state index in [-0.39, 0.29) is 0 Å². The molecule has 0 N–H and O–H groups in total. The smallest absolute Gasteiger partial charge is 0.209 e. The molecule has 1 aromatic heterocycles. The van der Waals surface area contributed by atoms with Gasteiger partial charge in [-0.2, -0.15) is 0 Å². The van der Waals surface area contributed by atoms with Crippen molar-refractivity contribution >= 4 is 17.0 Å². The molecule has 4 aromatic rings. The van der Waals surface area contributed by atoms with Crippen LogP contribution in [0.25, 0.3) is 11.0 Å². The van der Waals surface area contributed by atoms with E-state index in [4.69, 9.17) is 9.72 Å². The van der Waals surface area contributed by atoms with Gasteiger partial charge in [0.2, 0.25) is 5.95 Å². The first-order valence-corrected chi connectivity index (χ1v) is 10.4. The summed E-state index contributed by atoms with van der Waals surface area (Å²) < 4.78 is 7.62. The van der Waals surface area contributed by atoms with Crippen LogP contribution in [0.5, 0.6) is 5.75 Å². The Morgan fingerprint density at radius 3 is 2.40 bits per heavy atom. The molecule has 5 rings (SSSR count). The van der Waals surface area contributed by atoms with Crippen molar-refractivity contribution in [1.82, 2.24) is 14.5 Å². The number of rotatable bonds is 6. The summed E-state index contributed by atoms with van der Waals surface area (Å²) in [4.78, 5) is 9.83. The van der Waals surface area contributed by atoms with E-state index < -0.39 is 0 Å². The predicted octanol–water partition coefficient (Wildman–Crippen LogP) is 4.52. The summed E-state index contributed by atoms with van der Waals surface area (Å²) in [6, 6.07) is 27.4. The van der Waals surface area contributed by atoms with Gasteiger partial charge in [-0.15, -0.1) is 0 Å². The summed E-state index contributed by atoms with van der Waals surface area (Å²) in [5, 5.41) is 0. The lowest BCUT2D eigenvalue weighted by Gasteiger charge is -2.37. The van der Waals surface area contributed by atoms with Crippen molar-refractivity contribution in [3.05, 3.63) is 90.0 Å². The van der Waals surface area contributed by atoms with Crippen molar-refractivity contribution in [2.75, 3.05) is 25.2 Å². The fourth-order valence-corrected chi connectivity index (χ4v) is 4.14. The van der Waals surface area contributed by atoms with E-state index in [0.29, 0.717) is 0 Å². The second-order valence-corrected chi connectivity index (χ2v) is 7.79. The number of imidazole rings is 1. The number of hydrogen-bond donors (Lipinski definition) is 0. The zero-order valence-electron chi connectivity index (χ0n) is 17.2. The Labute approximate surface area is 177 Å². The molecule has 2 heterocycles. The number of methoxy groups -OCH3 is 1. The van der Waals surface area contributed by atoms with Crippen LogP contribution in [0.15, 0.2) is 78.9 Å². The van der Waals surface area contributed by atoms with Crippen LogP contribution >= 0.6 is 0 Å². The first kappa shape index (κ1) is 18.7. The molecule has 0 atom stereocenters. The van der Waals surface area contributed by atoms with Gasteiger partial charge in [0.25, 0.3) is 0 Å². The highest BCUT2D eigenvalue weighted by molar-refractivity contribution is 5.79. The van der Waals surface area contributed by atoms with Gasteiger partial charge in [-0.3, -0.25) is 9.47 Å². The van der Waals surface area contributed by atoms with Crippen LogP contribution in [0, 0.1) is 0 Å². The van der Waals surface area contributed by atoms with Gasteiger partial charge in [0.1, 0.15) is 5.75 Å². The molecule has 5 heteroatoms. The monoisotopic (exact) mass is 398 g/mol. The van der Waals surface area contributed by atoms with Gasteiger partial charge in [-0.25, -0.2) is 4.98 Å². The molecule has 0 saturated heterocycles. The molecule has 0 bridgehead atoms. The number of fused-ring (bicyclic) bond motifs is 3. The number of benzene rings is 3. The van der Waals surface area contributed by atoms with Gasteiger partial charge in [0.05, 0.1) is 31.5 Å². The number of para-hydroxylation sites is 2. The largest absolute Gasteiger partial charge is 0.497 e. The van der Waals surface area contributed by atoms with Crippen molar-refractivity contribution in [3.8, 4) is 5.75 Å². The second-order valence-electron chi connectivity index (χ2n) is 7.79. The molecular weight excluding hydrogens is 372 g/mol. The van der Waals surface area contributed by atoms with E-state index in [1.54, 1.807) is 7.11 Å². The molecule has 1 aliphatic heterocycles. The molecule has 0 spiro atoms. The summed E-state index contributed by atoms with van der Waals surface area (Å²) in [7, 11) is 1.71. The zero-order valence-corrected chi connectivity index (χ0v) is 17.2. The SMILES string of the molecule is COc1ccc(CCN2CN(Cc3ccccc3)c3nc4ccccc4n3C2)cc1. The molecule has 0 fully saturated rings. The number of anilines is 1. The Kier molecular flexibility index (Phi) is 5.11.